The van der Waals surface area contributed by atoms with Crippen molar-refractivity contribution in [3.05, 3.63) is 0 Å². The van der Waals surface area contributed by atoms with Gasteiger partial charge in [0.2, 0.25) is 0 Å². The summed E-state index contributed by atoms with van der Waals surface area (Å²) >= 11 is 4.84. The van der Waals surface area contributed by atoms with Gasteiger partial charge in [0.25, 0.3) is 11.1 Å². The zero-order valence-corrected chi connectivity index (χ0v) is 8.91. The van der Waals surface area contributed by atoms with Crippen molar-refractivity contribution in [3.8, 4) is 0 Å². The van der Waals surface area contributed by atoms with Crippen LogP contribution in [0.5, 0.6) is 0 Å². The molecule has 0 spiro atoms. The SMILES string of the molecule is CC(C)(C)C1SC(=O)N(S)C1=O. The van der Waals surface area contributed by atoms with Crippen LogP contribution in [0.1, 0.15) is 20.8 Å². The summed E-state index contributed by atoms with van der Waals surface area (Å²) in [5.41, 5.74) is -0.186. The first-order valence-electron chi connectivity index (χ1n) is 3.57. The molecule has 2 amide bonds. The van der Waals surface area contributed by atoms with Crippen molar-refractivity contribution >= 4 is 35.7 Å². The molecule has 1 aliphatic rings. The second-order valence-electron chi connectivity index (χ2n) is 3.78. The number of thioether (sulfide) groups is 1. The quantitative estimate of drug-likeness (QED) is 0.614. The lowest BCUT2D eigenvalue weighted by molar-refractivity contribution is -0.124. The van der Waals surface area contributed by atoms with Crippen LogP contribution in [0.15, 0.2) is 0 Å². The first kappa shape index (κ1) is 9.92. The number of carbonyl (C=O) groups is 2. The van der Waals surface area contributed by atoms with E-state index in [1.165, 1.54) is 0 Å². The number of amides is 2. The predicted octanol–water partition coefficient (Wildman–Crippen LogP) is 1.94. The molecule has 12 heavy (non-hydrogen) atoms. The molecule has 5 heteroatoms. The largest absolute Gasteiger partial charge is 0.299 e. The first-order chi connectivity index (χ1) is 5.34. The van der Waals surface area contributed by atoms with E-state index in [0.29, 0.717) is 0 Å². The van der Waals surface area contributed by atoms with Crippen molar-refractivity contribution in [2.75, 3.05) is 0 Å². The fourth-order valence-electron chi connectivity index (χ4n) is 0.949. The lowest BCUT2D eigenvalue weighted by Crippen LogP contribution is -2.32. The van der Waals surface area contributed by atoms with E-state index in [4.69, 9.17) is 0 Å². The van der Waals surface area contributed by atoms with Gasteiger partial charge in [0.15, 0.2) is 0 Å². The highest BCUT2D eigenvalue weighted by Crippen LogP contribution is 2.39. The molecule has 1 aliphatic heterocycles. The zero-order valence-electron chi connectivity index (χ0n) is 7.20. The molecule has 0 aliphatic carbocycles. The Morgan fingerprint density at radius 3 is 2.08 bits per heavy atom. The number of carbonyl (C=O) groups excluding carboxylic acids is 2. The molecule has 1 unspecified atom stereocenters. The Bertz CT molecular complexity index is 234. The van der Waals surface area contributed by atoms with Gasteiger partial charge in [-0.3, -0.25) is 9.59 Å². The van der Waals surface area contributed by atoms with Crippen LogP contribution >= 0.6 is 24.6 Å². The van der Waals surface area contributed by atoms with Crippen LogP contribution < -0.4 is 0 Å². The second-order valence-corrected chi connectivity index (χ2v) is 5.24. The van der Waals surface area contributed by atoms with Crippen molar-refractivity contribution in [3.63, 3.8) is 0 Å². The van der Waals surface area contributed by atoms with E-state index in [0.717, 1.165) is 16.1 Å². The number of thiol groups is 1. The van der Waals surface area contributed by atoms with E-state index in [1.807, 2.05) is 20.8 Å². The summed E-state index contributed by atoms with van der Waals surface area (Å²) in [6.45, 7) is 5.80. The predicted molar refractivity (Wildman–Crippen MR) is 52.1 cm³/mol. The van der Waals surface area contributed by atoms with E-state index >= 15 is 0 Å². The third-order valence-electron chi connectivity index (χ3n) is 1.61. The van der Waals surface area contributed by atoms with Gasteiger partial charge in [0, 0.05) is 0 Å². The first-order valence-corrected chi connectivity index (χ1v) is 4.85. The molecule has 0 aromatic heterocycles. The number of hydrogen-bond donors (Lipinski definition) is 1. The van der Waals surface area contributed by atoms with Crippen LogP contribution in [0.3, 0.4) is 0 Å². The summed E-state index contributed by atoms with van der Waals surface area (Å²) < 4.78 is 0.889. The summed E-state index contributed by atoms with van der Waals surface area (Å²) in [5, 5.41) is -0.564. The highest BCUT2D eigenvalue weighted by molar-refractivity contribution is 8.16. The Labute approximate surface area is 81.4 Å². The maximum absolute atomic E-state index is 11.4. The van der Waals surface area contributed by atoms with Gasteiger partial charge in [-0.05, 0) is 17.2 Å². The summed E-state index contributed by atoms with van der Waals surface area (Å²) in [6.07, 6.45) is 0. The number of imide groups is 1. The van der Waals surface area contributed by atoms with E-state index < -0.39 is 0 Å². The molecule has 1 saturated heterocycles. The average molecular weight is 205 g/mol. The summed E-state index contributed by atoms with van der Waals surface area (Å²) in [5.74, 6) is -0.208. The average Bonchev–Trinajstić information content (AvgIpc) is 2.15. The molecule has 1 atom stereocenters. The van der Waals surface area contributed by atoms with Crippen molar-refractivity contribution in [2.24, 2.45) is 5.41 Å². The molecule has 0 radical (unpaired) electrons. The summed E-state index contributed by atoms with van der Waals surface area (Å²) in [6, 6.07) is 0. The monoisotopic (exact) mass is 205 g/mol. The molecule has 0 bridgehead atoms. The van der Waals surface area contributed by atoms with Gasteiger partial charge in [0.05, 0.1) is 5.25 Å². The van der Waals surface area contributed by atoms with Crippen LogP contribution in [0.4, 0.5) is 4.79 Å². The minimum atomic E-state index is -0.289. The fraction of sp³-hybridized carbons (Fsp3) is 0.714. The Morgan fingerprint density at radius 1 is 1.42 bits per heavy atom. The molecule has 0 aromatic carbocycles. The molecule has 3 nitrogen and oxygen atoms in total. The van der Waals surface area contributed by atoms with Crippen LogP contribution in [0.2, 0.25) is 0 Å². The number of rotatable bonds is 0. The van der Waals surface area contributed by atoms with E-state index in [-0.39, 0.29) is 21.8 Å². The van der Waals surface area contributed by atoms with Crippen molar-refractivity contribution in [1.29, 1.82) is 0 Å². The van der Waals surface area contributed by atoms with Crippen LogP contribution in [0.25, 0.3) is 0 Å². The third kappa shape index (κ3) is 1.61. The van der Waals surface area contributed by atoms with Gasteiger partial charge < -0.3 is 0 Å². The maximum Gasteiger partial charge on any atom is 0.299 e. The van der Waals surface area contributed by atoms with E-state index in [2.05, 4.69) is 12.8 Å². The standard InChI is InChI=1S/C7H11NO2S2/c1-7(2,3)4-5(9)8(11)6(10)12-4/h4,11H,1-3H3. The highest BCUT2D eigenvalue weighted by atomic mass is 32.2. The van der Waals surface area contributed by atoms with Gasteiger partial charge in [-0.2, -0.15) is 0 Å². The van der Waals surface area contributed by atoms with Gasteiger partial charge in [-0.25, -0.2) is 4.31 Å². The normalized spacial score (nSPS) is 25.3. The zero-order chi connectivity index (χ0) is 9.52. The van der Waals surface area contributed by atoms with Crippen molar-refractivity contribution in [1.82, 2.24) is 4.31 Å². The maximum atomic E-state index is 11.4. The van der Waals surface area contributed by atoms with Gasteiger partial charge in [-0.1, -0.05) is 33.6 Å². The van der Waals surface area contributed by atoms with Gasteiger partial charge in [-0.15, -0.1) is 0 Å². The molecular weight excluding hydrogens is 194 g/mol. The number of nitrogens with zero attached hydrogens (tertiary/aromatic N) is 1. The van der Waals surface area contributed by atoms with Gasteiger partial charge in [0.1, 0.15) is 0 Å². The smallest absolute Gasteiger partial charge is 0.272 e. The topological polar surface area (TPSA) is 37.4 Å². The minimum absolute atomic E-state index is 0.186. The molecule has 0 saturated carbocycles. The molecular formula is C7H11NO2S2. The van der Waals surface area contributed by atoms with Crippen molar-refractivity contribution < 1.29 is 9.59 Å². The molecule has 1 rings (SSSR count). The lowest BCUT2D eigenvalue weighted by Gasteiger charge is -2.22. The molecule has 1 fully saturated rings. The lowest BCUT2D eigenvalue weighted by atomic mass is 9.91. The third-order valence-corrected chi connectivity index (χ3v) is 3.65. The Balaban J connectivity index is 2.86. The molecule has 0 aromatic rings. The van der Waals surface area contributed by atoms with Crippen molar-refractivity contribution in [2.45, 2.75) is 26.0 Å². The minimum Gasteiger partial charge on any atom is -0.272 e. The summed E-state index contributed by atoms with van der Waals surface area (Å²) in [4.78, 5) is 22.4. The molecule has 0 N–H and O–H groups in total. The van der Waals surface area contributed by atoms with Gasteiger partial charge >= 0.3 is 0 Å². The number of hydrogen-bond acceptors (Lipinski definition) is 4. The van der Waals surface area contributed by atoms with Crippen LogP contribution in [-0.2, 0) is 4.79 Å². The molecule has 68 valence electrons. The van der Waals surface area contributed by atoms with Crippen LogP contribution in [-0.4, -0.2) is 20.7 Å². The second kappa shape index (κ2) is 2.96. The Kier molecular flexibility index (Phi) is 2.45. The Hall–Kier alpha value is -0.160. The molecule has 1 heterocycles. The van der Waals surface area contributed by atoms with Crippen LogP contribution in [0, 0.1) is 5.41 Å². The Morgan fingerprint density at radius 2 is 1.92 bits per heavy atom. The summed E-state index contributed by atoms with van der Waals surface area (Å²) in [7, 11) is 0. The highest BCUT2D eigenvalue weighted by Gasteiger charge is 2.44. The van der Waals surface area contributed by atoms with E-state index in [9.17, 15) is 9.59 Å². The van der Waals surface area contributed by atoms with E-state index in [1.54, 1.807) is 0 Å². The fourth-order valence-corrected chi connectivity index (χ4v) is 2.24.